The van der Waals surface area contributed by atoms with Crippen LogP contribution < -0.4 is 5.32 Å². The van der Waals surface area contributed by atoms with Crippen LogP contribution in [0, 0.1) is 5.41 Å². The molecule has 0 atom stereocenters. The van der Waals surface area contributed by atoms with Crippen LogP contribution in [0.4, 0.5) is 0 Å². The number of hydrogen-bond acceptors (Lipinski definition) is 6. The number of imidazole rings is 2. The van der Waals surface area contributed by atoms with Crippen molar-refractivity contribution in [3.63, 3.8) is 0 Å². The van der Waals surface area contributed by atoms with Gasteiger partial charge >= 0.3 is 5.97 Å². The zero-order valence-corrected chi connectivity index (χ0v) is 26.4. The van der Waals surface area contributed by atoms with Gasteiger partial charge in [-0.05, 0) is 87.7 Å². The molecule has 0 bridgehead atoms. The second-order valence-corrected chi connectivity index (χ2v) is 13.5. The fourth-order valence-electron chi connectivity index (χ4n) is 7.79. The summed E-state index contributed by atoms with van der Waals surface area (Å²) >= 11 is 0. The van der Waals surface area contributed by atoms with Crippen LogP contribution in [0.5, 0.6) is 0 Å². The number of hydrogen-bond donors (Lipinski definition) is 2. The molecule has 3 aromatic rings. The molecular formula is C35H51N7O2. The van der Waals surface area contributed by atoms with Gasteiger partial charge in [0.2, 0.25) is 0 Å². The van der Waals surface area contributed by atoms with Gasteiger partial charge in [-0.15, -0.1) is 0 Å². The standard InChI is InChI=1S/C35H51N7O2/c43-34(44)12-11-29-7-9-30(10-8-29)25-36-26-32-37-17-24-42(32)27-33-38-16-23-41(33)19-4-18-39-20-13-35(28-39)14-21-40(22-15-35)31-5-2-1-3-6-31/h7-10,16-17,23-24,31,36H,1-6,11-15,18-22,25-28H2,(H,43,44). The summed E-state index contributed by atoms with van der Waals surface area (Å²) < 4.78 is 4.50. The normalized spacial score (nSPS) is 19.6. The Hall–Kier alpha value is -3.01. The largest absolute Gasteiger partial charge is 0.481 e. The zero-order valence-electron chi connectivity index (χ0n) is 26.4. The first-order chi connectivity index (χ1) is 21.6. The molecule has 2 aromatic heterocycles. The highest BCUT2D eigenvalue weighted by Gasteiger charge is 2.41. The summed E-state index contributed by atoms with van der Waals surface area (Å²) in [6.07, 6.45) is 21.2. The van der Waals surface area contributed by atoms with Crippen LogP contribution >= 0.6 is 0 Å². The third-order valence-electron chi connectivity index (χ3n) is 10.5. The van der Waals surface area contributed by atoms with Crippen LogP contribution in [0.2, 0.25) is 0 Å². The van der Waals surface area contributed by atoms with E-state index in [0.29, 0.717) is 24.9 Å². The summed E-state index contributed by atoms with van der Waals surface area (Å²) in [4.78, 5) is 25.7. The van der Waals surface area contributed by atoms with Gasteiger partial charge in [0.15, 0.2) is 0 Å². The second-order valence-electron chi connectivity index (χ2n) is 13.5. The summed E-state index contributed by atoms with van der Waals surface area (Å²) in [6, 6.07) is 9.04. The molecule has 1 spiro atoms. The Morgan fingerprint density at radius 2 is 1.57 bits per heavy atom. The van der Waals surface area contributed by atoms with Gasteiger partial charge in [0, 0.05) is 56.9 Å². The first kappa shape index (κ1) is 31.0. The molecule has 238 valence electrons. The van der Waals surface area contributed by atoms with Crippen molar-refractivity contribution in [1.29, 1.82) is 0 Å². The van der Waals surface area contributed by atoms with E-state index in [4.69, 9.17) is 10.1 Å². The molecule has 3 fully saturated rings. The molecule has 0 radical (unpaired) electrons. The van der Waals surface area contributed by atoms with Crippen molar-refractivity contribution in [2.45, 2.75) is 103 Å². The molecular weight excluding hydrogens is 550 g/mol. The molecule has 1 saturated carbocycles. The maximum absolute atomic E-state index is 10.8. The summed E-state index contributed by atoms with van der Waals surface area (Å²) in [6.45, 7) is 9.50. The van der Waals surface area contributed by atoms with Crippen molar-refractivity contribution < 1.29 is 9.90 Å². The van der Waals surface area contributed by atoms with Crippen molar-refractivity contribution >= 4 is 5.97 Å². The minimum Gasteiger partial charge on any atom is -0.481 e. The Kier molecular flexibility index (Phi) is 10.5. The molecule has 1 aromatic carbocycles. The van der Waals surface area contributed by atoms with Crippen LogP contribution in [0.15, 0.2) is 49.1 Å². The average molecular weight is 602 g/mol. The number of aromatic nitrogens is 4. The Bertz CT molecular complexity index is 1320. The molecule has 6 rings (SSSR count). The number of carbonyl (C=O) groups is 1. The van der Waals surface area contributed by atoms with Gasteiger partial charge in [0.05, 0.1) is 13.1 Å². The lowest BCUT2D eigenvalue weighted by Gasteiger charge is -2.44. The topological polar surface area (TPSA) is 91.4 Å². The highest BCUT2D eigenvalue weighted by molar-refractivity contribution is 5.67. The average Bonchev–Trinajstić information content (AvgIpc) is 3.79. The molecule has 3 aliphatic rings. The number of rotatable bonds is 14. The van der Waals surface area contributed by atoms with Crippen LogP contribution in [0.1, 0.15) is 87.0 Å². The highest BCUT2D eigenvalue weighted by Crippen LogP contribution is 2.41. The smallest absolute Gasteiger partial charge is 0.303 e. The number of nitrogens with one attached hydrogen (secondary N) is 1. The quantitative estimate of drug-likeness (QED) is 0.270. The Morgan fingerprint density at radius 3 is 2.34 bits per heavy atom. The maximum Gasteiger partial charge on any atom is 0.303 e. The van der Waals surface area contributed by atoms with E-state index >= 15 is 0 Å². The van der Waals surface area contributed by atoms with Crippen LogP contribution in [0.3, 0.4) is 0 Å². The van der Waals surface area contributed by atoms with Crippen molar-refractivity contribution in [2.24, 2.45) is 5.41 Å². The third kappa shape index (κ3) is 8.17. The number of carboxylic acid groups (broad SMARTS) is 1. The van der Waals surface area contributed by atoms with Crippen molar-refractivity contribution in [1.82, 2.24) is 34.2 Å². The summed E-state index contributed by atoms with van der Waals surface area (Å²) in [7, 11) is 0. The monoisotopic (exact) mass is 601 g/mol. The molecule has 4 heterocycles. The zero-order chi connectivity index (χ0) is 30.2. The molecule has 1 aliphatic carbocycles. The fourth-order valence-corrected chi connectivity index (χ4v) is 7.79. The van der Waals surface area contributed by atoms with Crippen LogP contribution in [-0.4, -0.2) is 78.7 Å². The number of piperidine rings is 1. The number of aliphatic carboxylic acids is 1. The van der Waals surface area contributed by atoms with Crippen molar-refractivity contribution in [3.8, 4) is 0 Å². The molecule has 44 heavy (non-hydrogen) atoms. The van der Waals surface area contributed by atoms with E-state index in [0.717, 1.165) is 42.8 Å². The lowest BCUT2D eigenvalue weighted by Crippen LogP contribution is -2.46. The van der Waals surface area contributed by atoms with E-state index < -0.39 is 5.97 Å². The van der Waals surface area contributed by atoms with Gasteiger partial charge in [-0.3, -0.25) is 4.79 Å². The van der Waals surface area contributed by atoms with Gasteiger partial charge < -0.3 is 29.4 Å². The number of carboxylic acids is 1. The Balaban J connectivity index is 0.918. The lowest BCUT2D eigenvalue weighted by molar-refractivity contribution is -0.136. The number of aryl methyl sites for hydroxylation is 2. The first-order valence-electron chi connectivity index (χ1n) is 17.0. The minimum absolute atomic E-state index is 0.164. The van der Waals surface area contributed by atoms with Gasteiger partial charge in [0.25, 0.3) is 0 Å². The summed E-state index contributed by atoms with van der Waals surface area (Å²) in [5, 5.41) is 12.4. The predicted octanol–water partition coefficient (Wildman–Crippen LogP) is 4.95. The van der Waals surface area contributed by atoms with Gasteiger partial charge in [-0.2, -0.15) is 0 Å². The van der Waals surface area contributed by atoms with Crippen molar-refractivity contribution in [2.75, 3.05) is 32.7 Å². The second kappa shape index (κ2) is 14.8. The minimum atomic E-state index is -0.760. The van der Waals surface area contributed by atoms with Crippen molar-refractivity contribution in [3.05, 3.63) is 71.8 Å². The molecule has 2 saturated heterocycles. The molecule has 9 heteroatoms. The third-order valence-corrected chi connectivity index (χ3v) is 10.5. The molecule has 0 unspecified atom stereocenters. The molecule has 9 nitrogen and oxygen atoms in total. The van der Waals surface area contributed by atoms with E-state index in [1.807, 2.05) is 30.7 Å². The maximum atomic E-state index is 10.8. The molecule has 0 amide bonds. The number of likely N-dealkylation sites (tertiary alicyclic amines) is 2. The Labute approximate surface area is 262 Å². The summed E-state index contributed by atoms with van der Waals surface area (Å²) in [5.41, 5.74) is 2.80. The van der Waals surface area contributed by atoms with E-state index in [2.05, 4.69) is 47.6 Å². The van der Waals surface area contributed by atoms with Crippen LogP contribution in [-0.2, 0) is 37.4 Å². The first-order valence-corrected chi connectivity index (χ1v) is 17.0. The van der Waals surface area contributed by atoms with E-state index in [1.165, 1.54) is 89.7 Å². The highest BCUT2D eigenvalue weighted by atomic mass is 16.4. The van der Waals surface area contributed by atoms with Crippen LogP contribution in [0.25, 0.3) is 0 Å². The Morgan fingerprint density at radius 1 is 0.864 bits per heavy atom. The molecule has 2 aliphatic heterocycles. The van der Waals surface area contributed by atoms with Gasteiger partial charge in [-0.1, -0.05) is 43.5 Å². The SMILES string of the molecule is O=C(O)CCc1ccc(CNCc2nccn2Cc2nccn2CCCN2CCC3(CCN(C4CCCCC4)CC3)C2)cc1. The van der Waals surface area contributed by atoms with Gasteiger partial charge in [0.1, 0.15) is 11.6 Å². The van der Waals surface area contributed by atoms with E-state index in [1.54, 1.807) is 0 Å². The predicted molar refractivity (Wildman–Crippen MR) is 172 cm³/mol. The fraction of sp³-hybridized carbons (Fsp3) is 0.629. The molecule has 2 N–H and O–H groups in total. The van der Waals surface area contributed by atoms with E-state index in [9.17, 15) is 4.79 Å². The van der Waals surface area contributed by atoms with Gasteiger partial charge in [-0.25, -0.2) is 9.97 Å². The van der Waals surface area contributed by atoms with E-state index in [-0.39, 0.29) is 6.42 Å². The summed E-state index contributed by atoms with van der Waals surface area (Å²) in [5.74, 6) is 1.31. The lowest BCUT2D eigenvalue weighted by atomic mass is 9.77. The number of benzene rings is 1. The number of nitrogens with zero attached hydrogens (tertiary/aromatic N) is 6.